The van der Waals surface area contributed by atoms with Gasteiger partial charge >= 0.3 is 0 Å². The normalized spacial score (nSPS) is 20.0. The molecule has 0 radical (unpaired) electrons. The number of benzene rings is 1. The van der Waals surface area contributed by atoms with Crippen molar-refractivity contribution in [1.29, 1.82) is 0 Å². The third-order valence-corrected chi connectivity index (χ3v) is 4.01. The summed E-state index contributed by atoms with van der Waals surface area (Å²) in [6.45, 7) is 6.22. The first-order valence-electron chi connectivity index (χ1n) is 7.25. The predicted molar refractivity (Wildman–Crippen MR) is 79.3 cm³/mol. The van der Waals surface area contributed by atoms with E-state index in [4.69, 9.17) is 0 Å². The van der Waals surface area contributed by atoms with Crippen LogP contribution < -0.4 is 10.2 Å². The van der Waals surface area contributed by atoms with Gasteiger partial charge < -0.3 is 10.2 Å². The molecule has 0 aromatic heterocycles. The molecule has 1 aliphatic rings. The fourth-order valence-electron chi connectivity index (χ4n) is 2.30. The molecule has 1 fully saturated rings. The first-order chi connectivity index (χ1) is 9.90. The maximum atomic E-state index is 13.8. The van der Waals surface area contributed by atoms with E-state index in [1.165, 1.54) is 11.0 Å². The number of hydrogen-bond donors (Lipinski definition) is 1. The number of anilines is 1. The Bertz CT molecular complexity index is 545. The van der Waals surface area contributed by atoms with E-state index in [0.717, 1.165) is 0 Å². The summed E-state index contributed by atoms with van der Waals surface area (Å²) in [4.78, 5) is 25.6. The molecule has 1 N–H and O–H groups in total. The number of carbonyl (C=O) groups excluding carboxylic acids is 2. The minimum absolute atomic E-state index is 0.0510. The van der Waals surface area contributed by atoms with Gasteiger partial charge in [-0.05, 0) is 25.0 Å². The lowest BCUT2D eigenvalue weighted by molar-refractivity contribution is -0.127. The van der Waals surface area contributed by atoms with Crippen LogP contribution in [-0.4, -0.2) is 24.4 Å². The topological polar surface area (TPSA) is 49.4 Å². The van der Waals surface area contributed by atoms with Crippen LogP contribution in [0.5, 0.6) is 0 Å². The van der Waals surface area contributed by atoms with Crippen LogP contribution in [0.4, 0.5) is 10.1 Å². The number of nitrogens with zero attached hydrogens (tertiary/aromatic N) is 1. The van der Waals surface area contributed by atoms with Crippen LogP contribution in [0.15, 0.2) is 24.3 Å². The fourth-order valence-corrected chi connectivity index (χ4v) is 2.30. The zero-order valence-corrected chi connectivity index (χ0v) is 12.6. The maximum absolute atomic E-state index is 13.8. The monoisotopic (exact) mass is 292 g/mol. The van der Waals surface area contributed by atoms with Gasteiger partial charge in [0, 0.05) is 19.0 Å². The van der Waals surface area contributed by atoms with Gasteiger partial charge in [-0.15, -0.1) is 0 Å². The van der Waals surface area contributed by atoms with Crippen molar-refractivity contribution in [2.75, 3.05) is 11.4 Å². The van der Waals surface area contributed by atoms with Crippen LogP contribution in [0.25, 0.3) is 0 Å². The van der Waals surface area contributed by atoms with Crippen molar-refractivity contribution in [3.8, 4) is 0 Å². The average Bonchev–Trinajstić information content (AvgIpc) is 2.81. The molecule has 0 bridgehead atoms. The van der Waals surface area contributed by atoms with E-state index in [0.29, 0.717) is 5.92 Å². The van der Waals surface area contributed by atoms with Crippen molar-refractivity contribution in [2.45, 2.75) is 33.2 Å². The summed E-state index contributed by atoms with van der Waals surface area (Å²) >= 11 is 0. The Labute approximate surface area is 124 Å². The van der Waals surface area contributed by atoms with E-state index in [1.54, 1.807) is 18.2 Å². The standard InChI is InChI=1S/C16H21FN2O2/c1-10(2)11(3)18-16(21)12-8-15(20)19(9-12)14-7-5-4-6-13(14)17/h4-7,10-12H,8-9H2,1-3H3,(H,18,21). The minimum atomic E-state index is -0.442. The zero-order valence-electron chi connectivity index (χ0n) is 12.6. The Morgan fingerprint density at radius 3 is 2.62 bits per heavy atom. The van der Waals surface area contributed by atoms with E-state index in [9.17, 15) is 14.0 Å². The van der Waals surface area contributed by atoms with Crippen LogP contribution in [0.3, 0.4) is 0 Å². The summed E-state index contributed by atoms with van der Waals surface area (Å²) in [7, 11) is 0. The Hall–Kier alpha value is -1.91. The van der Waals surface area contributed by atoms with E-state index in [-0.39, 0.29) is 36.5 Å². The van der Waals surface area contributed by atoms with Crippen LogP contribution in [-0.2, 0) is 9.59 Å². The van der Waals surface area contributed by atoms with Gasteiger partial charge in [-0.1, -0.05) is 26.0 Å². The Balaban J connectivity index is 2.06. The first kappa shape index (κ1) is 15.5. The summed E-state index contributed by atoms with van der Waals surface area (Å²) < 4.78 is 13.8. The molecule has 21 heavy (non-hydrogen) atoms. The third kappa shape index (κ3) is 3.40. The Morgan fingerprint density at radius 2 is 2.00 bits per heavy atom. The molecular weight excluding hydrogens is 271 g/mol. The first-order valence-corrected chi connectivity index (χ1v) is 7.25. The van der Waals surface area contributed by atoms with E-state index in [2.05, 4.69) is 5.32 Å². The molecule has 0 aliphatic carbocycles. The molecule has 2 rings (SSSR count). The van der Waals surface area contributed by atoms with Crippen molar-refractivity contribution >= 4 is 17.5 Å². The number of nitrogens with one attached hydrogen (secondary N) is 1. The molecule has 2 unspecified atom stereocenters. The van der Waals surface area contributed by atoms with Crippen LogP contribution >= 0.6 is 0 Å². The molecule has 0 spiro atoms. The number of para-hydroxylation sites is 1. The highest BCUT2D eigenvalue weighted by Crippen LogP contribution is 2.27. The fraction of sp³-hybridized carbons (Fsp3) is 0.500. The molecule has 1 heterocycles. The molecule has 5 heteroatoms. The molecule has 2 atom stereocenters. The molecule has 1 aromatic carbocycles. The Kier molecular flexibility index (Phi) is 4.60. The van der Waals surface area contributed by atoms with Crippen LogP contribution in [0, 0.1) is 17.7 Å². The SMILES string of the molecule is CC(C)C(C)NC(=O)C1CC(=O)N(c2ccccc2F)C1. The second-order valence-corrected chi connectivity index (χ2v) is 5.90. The molecular formula is C16H21FN2O2. The number of rotatable bonds is 4. The number of hydrogen-bond acceptors (Lipinski definition) is 2. The van der Waals surface area contributed by atoms with Gasteiger partial charge in [-0.25, -0.2) is 4.39 Å². The van der Waals surface area contributed by atoms with Gasteiger partial charge in [0.15, 0.2) is 0 Å². The van der Waals surface area contributed by atoms with Gasteiger partial charge in [-0.3, -0.25) is 9.59 Å². The largest absolute Gasteiger partial charge is 0.353 e. The van der Waals surface area contributed by atoms with E-state index < -0.39 is 11.7 Å². The third-order valence-electron chi connectivity index (χ3n) is 4.01. The molecule has 0 saturated carbocycles. The van der Waals surface area contributed by atoms with E-state index in [1.807, 2.05) is 20.8 Å². The van der Waals surface area contributed by atoms with Gasteiger partial charge in [0.25, 0.3) is 0 Å². The summed E-state index contributed by atoms with van der Waals surface area (Å²) in [5.41, 5.74) is 0.245. The summed E-state index contributed by atoms with van der Waals surface area (Å²) in [6, 6.07) is 6.18. The highest BCUT2D eigenvalue weighted by molar-refractivity contribution is 6.00. The highest BCUT2D eigenvalue weighted by Gasteiger charge is 2.36. The molecule has 2 amide bonds. The zero-order chi connectivity index (χ0) is 15.6. The summed E-state index contributed by atoms with van der Waals surface area (Å²) in [6.07, 6.45) is 0.130. The van der Waals surface area contributed by atoms with Gasteiger partial charge in [-0.2, -0.15) is 0 Å². The lowest BCUT2D eigenvalue weighted by Gasteiger charge is -2.20. The van der Waals surface area contributed by atoms with E-state index >= 15 is 0 Å². The highest BCUT2D eigenvalue weighted by atomic mass is 19.1. The molecule has 114 valence electrons. The van der Waals surface area contributed by atoms with Crippen LogP contribution in [0.1, 0.15) is 27.2 Å². The maximum Gasteiger partial charge on any atom is 0.227 e. The van der Waals surface area contributed by atoms with Gasteiger partial charge in [0.05, 0.1) is 11.6 Å². The second kappa shape index (κ2) is 6.24. The number of amides is 2. The quantitative estimate of drug-likeness (QED) is 0.926. The smallest absolute Gasteiger partial charge is 0.227 e. The average molecular weight is 292 g/mol. The lowest BCUT2D eigenvalue weighted by Crippen LogP contribution is -2.40. The number of carbonyl (C=O) groups is 2. The summed E-state index contributed by atoms with van der Waals surface area (Å²) in [5, 5.41) is 2.92. The molecule has 1 aliphatic heterocycles. The van der Waals surface area contributed by atoms with Crippen molar-refractivity contribution < 1.29 is 14.0 Å². The van der Waals surface area contributed by atoms with Crippen molar-refractivity contribution in [3.05, 3.63) is 30.1 Å². The molecule has 4 nitrogen and oxygen atoms in total. The van der Waals surface area contributed by atoms with Gasteiger partial charge in [0.1, 0.15) is 5.82 Å². The Morgan fingerprint density at radius 1 is 1.33 bits per heavy atom. The predicted octanol–water partition coefficient (Wildman–Crippen LogP) is 2.34. The van der Waals surface area contributed by atoms with Crippen molar-refractivity contribution in [2.24, 2.45) is 11.8 Å². The van der Waals surface area contributed by atoms with Crippen LogP contribution in [0.2, 0.25) is 0 Å². The molecule has 1 aromatic rings. The summed E-state index contributed by atoms with van der Waals surface area (Å²) in [5.74, 6) is -0.879. The second-order valence-electron chi connectivity index (χ2n) is 5.90. The van der Waals surface area contributed by atoms with Gasteiger partial charge in [0.2, 0.25) is 11.8 Å². The lowest BCUT2D eigenvalue weighted by atomic mass is 10.0. The number of halogens is 1. The molecule has 1 saturated heterocycles. The van der Waals surface area contributed by atoms with Crippen molar-refractivity contribution in [1.82, 2.24) is 5.32 Å². The minimum Gasteiger partial charge on any atom is -0.353 e. The van der Waals surface area contributed by atoms with Crippen molar-refractivity contribution in [3.63, 3.8) is 0 Å².